The number of hydrogen-bond donors (Lipinski definition) is 1. The van der Waals surface area contributed by atoms with Crippen LogP contribution in [0.4, 0.5) is 0 Å². The van der Waals surface area contributed by atoms with Crippen LogP contribution in [-0.4, -0.2) is 51.3 Å². The highest BCUT2D eigenvalue weighted by atomic mass is 32.2. The topological polar surface area (TPSA) is 88.3 Å². The SMILES string of the molecule is Cc1nnc(SCC(=O)NC2CC(=O)N(C3CCCCCC3)C2)o1. The summed E-state index contributed by atoms with van der Waals surface area (Å²) < 4.78 is 5.23. The Morgan fingerprint density at radius 2 is 2.04 bits per heavy atom. The first-order valence-corrected chi connectivity index (χ1v) is 9.62. The lowest BCUT2D eigenvalue weighted by atomic mass is 10.1. The largest absolute Gasteiger partial charge is 0.416 e. The van der Waals surface area contributed by atoms with E-state index in [2.05, 4.69) is 15.5 Å². The van der Waals surface area contributed by atoms with E-state index in [0.717, 1.165) is 12.8 Å². The molecule has 1 N–H and O–H groups in total. The number of hydrogen-bond acceptors (Lipinski definition) is 6. The number of amides is 2. The fraction of sp³-hybridized carbons (Fsp3) is 0.750. The zero-order chi connectivity index (χ0) is 16.9. The molecule has 1 aromatic heterocycles. The molecule has 1 unspecified atom stereocenters. The lowest BCUT2D eigenvalue weighted by molar-refractivity contribution is -0.129. The van der Waals surface area contributed by atoms with Crippen molar-refractivity contribution in [2.24, 2.45) is 0 Å². The number of rotatable bonds is 5. The molecule has 2 aliphatic rings. The van der Waals surface area contributed by atoms with Gasteiger partial charge in [0.15, 0.2) is 0 Å². The average molecular weight is 352 g/mol. The van der Waals surface area contributed by atoms with E-state index in [4.69, 9.17) is 4.42 Å². The van der Waals surface area contributed by atoms with Crippen LogP contribution < -0.4 is 5.32 Å². The molecule has 7 nitrogen and oxygen atoms in total. The van der Waals surface area contributed by atoms with Gasteiger partial charge in [-0.25, -0.2) is 0 Å². The summed E-state index contributed by atoms with van der Waals surface area (Å²) in [7, 11) is 0. The fourth-order valence-corrected chi connectivity index (χ4v) is 4.10. The maximum absolute atomic E-state index is 12.3. The third-order valence-electron chi connectivity index (χ3n) is 4.62. The molecule has 0 aromatic carbocycles. The zero-order valence-electron chi connectivity index (χ0n) is 14.0. The van der Waals surface area contributed by atoms with Crippen molar-refractivity contribution >= 4 is 23.6 Å². The molecule has 132 valence electrons. The molecule has 1 atom stereocenters. The quantitative estimate of drug-likeness (QED) is 0.643. The maximum Gasteiger partial charge on any atom is 0.277 e. The van der Waals surface area contributed by atoms with E-state index >= 15 is 0 Å². The molecule has 2 amide bonds. The standard InChI is InChI=1S/C16H24N4O3S/c1-11-18-19-16(23-11)24-10-14(21)17-12-8-15(22)20(9-12)13-6-4-2-3-5-7-13/h12-13H,2-10H2,1H3,(H,17,21). The van der Waals surface area contributed by atoms with Crippen LogP contribution in [0.1, 0.15) is 50.8 Å². The van der Waals surface area contributed by atoms with Crippen molar-refractivity contribution in [3.8, 4) is 0 Å². The molecule has 0 bridgehead atoms. The summed E-state index contributed by atoms with van der Waals surface area (Å²) in [6, 6.07) is 0.274. The number of carbonyl (C=O) groups excluding carboxylic acids is 2. The predicted octanol–water partition coefficient (Wildman–Crippen LogP) is 1.91. The maximum atomic E-state index is 12.3. The molecule has 2 heterocycles. The van der Waals surface area contributed by atoms with Crippen molar-refractivity contribution in [3.05, 3.63) is 5.89 Å². The molecular weight excluding hydrogens is 328 g/mol. The van der Waals surface area contributed by atoms with Gasteiger partial charge < -0.3 is 14.6 Å². The van der Waals surface area contributed by atoms with Crippen molar-refractivity contribution in [2.45, 2.75) is 69.2 Å². The smallest absolute Gasteiger partial charge is 0.277 e. The van der Waals surface area contributed by atoms with Gasteiger partial charge in [-0.15, -0.1) is 10.2 Å². The van der Waals surface area contributed by atoms with Crippen LogP contribution in [0.5, 0.6) is 0 Å². The predicted molar refractivity (Wildman–Crippen MR) is 89.5 cm³/mol. The van der Waals surface area contributed by atoms with Gasteiger partial charge in [0.2, 0.25) is 17.7 Å². The van der Waals surface area contributed by atoms with Crippen LogP contribution in [0.25, 0.3) is 0 Å². The lowest BCUT2D eigenvalue weighted by Crippen LogP contribution is -2.41. The Bertz CT molecular complexity index is 584. The summed E-state index contributed by atoms with van der Waals surface area (Å²) in [6.07, 6.45) is 7.54. The number of aromatic nitrogens is 2. The first-order chi connectivity index (χ1) is 11.6. The Kier molecular flexibility index (Phi) is 5.76. The van der Waals surface area contributed by atoms with E-state index in [-0.39, 0.29) is 23.6 Å². The van der Waals surface area contributed by atoms with Crippen LogP contribution in [0.3, 0.4) is 0 Å². The van der Waals surface area contributed by atoms with Gasteiger partial charge in [-0.05, 0) is 12.8 Å². The molecule has 1 aromatic rings. The Balaban J connectivity index is 1.45. The third kappa shape index (κ3) is 4.49. The second kappa shape index (κ2) is 8.00. The Hall–Kier alpha value is -1.57. The van der Waals surface area contributed by atoms with Gasteiger partial charge in [0, 0.05) is 25.9 Å². The van der Waals surface area contributed by atoms with E-state index in [1.807, 2.05) is 4.90 Å². The number of nitrogens with zero attached hydrogens (tertiary/aromatic N) is 3. The minimum absolute atomic E-state index is 0.0849. The highest BCUT2D eigenvalue weighted by Gasteiger charge is 2.35. The van der Waals surface area contributed by atoms with Gasteiger partial charge in [0.25, 0.3) is 5.22 Å². The molecule has 1 saturated heterocycles. The number of carbonyl (C=O) groups is 2. The van der Waals surface area contributed by atoms with E-state index in [0.29, 0.717) is 30.1 Å². The summed E-state index contributed by atoms with van der Waals surface area (Å²) in [5, 5.41) is 10.9. The number of aryl methyl sites for hydroxylation is 1. The molecule has 1 aliphatic heterocycles. The Morgan fingerprint density at radius 1 is 1.29 bits per heavy atom. The van der Waals surface area contributed by atoms with Crippen LogP contribution in [-0.2, 0) is 9.59 Å². The fourth-order valence-electron chi connectivity index (χ4n) is 3.48. The van der Waals surface area contributed by atoms with Gasteiger partial charge in [0.1, 0.15) is 0 Å². The molecule has 3 rings (SSSR count). The van der Waals surface area contributed by atoms with Gasteiger partial charge in [-0.2, -0.15) is 0 Å². The molecule has 24 heavy (non-hydrogen) atoms. The third-order valence-corrected chi connectivity index (χ3v) is 5.44. The molecule has 1 aliphatic carbocycles. The summed E-state index contributed by atoms with van der Waals surface area (Å²) >= 11 is 1.21. The van der Waals surface area contributed by atoms with Gasteiger partial charge in [0.05, 0.1) is 11.8 Å². The summed E-state index contributed by atoms with van der Waals surface area (Å²) in [6.45, 7) is 2.35. The first-order valence-electron chi connectivity index (χ1n) is 8.63. The normalized spacial score (nSPS) is 22.6. The van der Waals surface area contributed by atoms with Crippen LogP contribution in [0.15, 0.2) is 9.64 Å². The van der Waals surface area contributed by atoms with Crippen LogP contribution >= 0.6 is 11.8 Å². The highest BCUT2D eigenvalue weighted by Crippen LogP contribution is 2.26. The summed E-state index contributed by atoms with van der Waals surface area (Å²) in [5.74, 6) is 0.775. The number of nitrogens with one attached hydrogen (secondary N) is 1. The Morgan fingerprint density at radius 3 is 2.71 bits per heavy atom. The second-order valence-electron chi connectivity index (χ2n) is 6.54. The van der Waals surface area contributed by atoms with Crippen LogP contribution in [0, 0.1) is 6.92 Å². The monoisotopic (exact) mass is 352 g/mol. The second-order valence-corrected chi connectivity index (χ2v) is 7.46. The van der Waals surface area contributed by atoms with Gasteiger partial charge >= 0.3 is 0 Å². The summed E-state index contributed by atoms with van der Waals surface area (Å²) in [5.41, 5.74) is 0. The van der Waals surface area contributed by atoms with E-state index in [1.165, 1.54) is 37.4 Å². The zero-order valence-corrected chi connectivity index (χ0v) is 14.8. The van der Waals surface area contributed by atoms with Gasteiger partial charge in [-0.1, -0.05) is 37.4 Å². The molecule has 0 radical (unpaired) electrons. The van der Waals surface area contributed by atoms with E-state index < -0.39 is 0 Å². The van der Waals surface area contributed by atoms with Crippen molar-refractivity contribution in [1.82, 2.24) is 20.4 Å². The number of thioether (sulfide) groups is 1. The molecular formula is C16H24N4O3S. The van der Waals surface area contributed by atoms with Crippen molar-refractivity contribution < 1.29 is 14.0 Å². The molecule has 2 fully saturated rings. The highest BCUT2D eigenvalue weighted by molar-refractivity contribution is 7.99. The minimum Gasteiger partial charge on any atom is -0.416 e. The van der Waals surface area contributed by atoms with E-state index in [1.54, 1.807) is 6.92 Å². The van der Waals surface area contributed by atoms with Gasteiger partial charge in [-0.3, -0.25) is 9.59 Å². The molecule has 1 saturated carbocycles. The lowest BCUT2D eigenvalue weighted by Gasteiger charge is -2.27. The van der Waals surface area contributed by atoms with Crippen LogP contribution in [0.2, 0.25) is 0 Å². The van der Waals surface area contributed by atoms with Crippen molar-refractivity contribution in [2.75, 3.05) is 12.3 Å². The van der Waals surface area contributed by atoms with E-state index in [9.17, 15) is 9.59 Å². The van der Waals surface area contributed by atoms with Crippen molar-refractivity contribution in [3.63, 3.8) is 0 Å². The molecule has 0 spiro atoms. The molecule has 8 heteroatoms. The summed E-state index contributed by atoms with van der Waals surface area (Å²) in [4.78, 5) is 26.4. The first kappa shape index (κ1) is 17.3. The Labute approximate surface area is 145 Å². The number of likely N-dealkylation sites (tertiary alicyclic amines) is 1. The minimum atomic E-state index is -0.101. The van der Waals surface area contributed by atoms with Crippen molar-refractivity contribution in [1.29, 1.82) is 0 Å². The average Bonchev–Trinajstić information content (AvgIpc) is 3.01.